The van der Waals surface area contributed by atoms with Crippen LogP contribution < -0.4 is 10.1 Å². The van der Waals surface area contributed by atoms with Crippen molar-refractivity contribution in [2.75, 3.05) is 11.1 Å². The Balaban J connectivity index is 1.61. The van der Waals surface area contributed by atoms with Crippen molar-refractivity contribution in [1.29, 1.82) is 0 Å². The third kappa shape index (κ3) is 5.15. The van der Waals surface area contributed by atoms with Gasteiger partial charge in [-0.2, -0.15) is 0 Å². The van der Waals surface area contributed by atoms with Crippen LogP contribution in [0.2, 0.25) is 5.02 Å². The Kier molecular flexibility index (Phi) is 7.05. The van der Waals surface area contributed by atoms with E-state index >= 15 is 0 Å². The van der Waals surface area contributed by atoms with Crippen molar-refractivity contribution in [3.05, 3.63) is 63.9 Å². The highest BCUT2D eigenvalue weighted by molar-refractivity contribution is 7.99. The number of hydrogen-bond acceptors (Lipinski definition) is 5. The number of ether oxygens (including phenoxy) is 1. The number of amides is 1. The fourth-order valence-corrected chi connectivity index (χ4v) is 3.80. The van der Waals surface area contributed by atoms with E-state index in [0.29, 0.717) is 21.7 Å². The molecule has 3 aromatic rings. The lowest BCUT2D eigenvalue weighted by atomic mass is 10.1. The summed E-state index contributed by atoms with van der Waals surface area (Å²) in [7, 11) is 1.87. The second-order valence-electron chi connectivity index (χ2n) is 7.16. The molecule has 1 heterocycles. The molecule has 0 aliphatic carbocycles. The van der Waals surface area contributed by atoms with Gasteiger partial charge in [0.25, 0.3) is 0 Å². The molecule has 1 unspecified atom stereocenters. The van der Waals surface area contributed by atoms with Gasteiger partial charge in [-0.1, -0.05) is 35.5 Å². The molecule has 0 spiro atoms. The average Bonchev–Trinajstić information content (AvgIpc) is 3.07. The van der Waals surface area contributed by atoms with E-state index in [1.165, 1.54) is 22.9 Å². The molecule has 0 fully saturated rings. The van der Waals surface area contributed by atoms with Crippen molar-refractivity contribution in [2.45, 2.75) is 39.0 Å². The van der Waals surface area contributed by atoms with E-state index in [1.54, 1.807) is 6.07 Å². The summed E-state index contributed by atoms with van der Waals surface area (Å²) in [5.41, 5.74) is 3.95. The highest BCUT2D eigenvalue weighted by Crippen LogP contribution is 2.26. The van der Waals surface area contributed by atoms with Crippen LogP contribution in [-0.2, 0) is 11.8 Å². The highest BCUT2D eigenvalue weighted by Gasteiger charge is 2.18. The van der Waals surface area contributed by atoms with Crippen LogP contribution in [0.15, 0.2) is 41.6 Å². The number of rotatable bonds is 7. The van der Waals surface area contributed by atoms with Gasteiger partial charge < -0.3 is 14.6 Å². The molecule has 2 aromatic carbocycles. The van der Waals surface area contributed by atoms with E-state index in [2.05, 4.69) is 29.4 Å². The number of thioether (sulfide) groups is 1. The summed E-state index contributed by atoms with van der Waals surface area (Å²) >= 11 is 7.43. The number of benzene rings is 2. The molecule has 30 heavy (non-hydrogen) atoms. The molecule has 1 aromatic heterocycles. The maximum absolute atomic E-state index is 12.3. The topological polar surface area (TPSA) is 69.0 Å². The Morgan fingerprint density at radius 1 is 1.20 bits per heavy atom. The standard InChI is InChI=1S/C22H25ClN4O2S/c1-13-9-10-17(11-14(13)2)29-16(4)21-25-26-22(27(21)5)30-12-20(28)24-19-8-6-7-18(23)15(19)3/h6-11,16H,12H2,1-5H3,(H,24,28). The van der Waals surface area contributed by atoms with Gasteiger partial charge in [-0.25, -0.2) is 0 Å². The van der Waals surface area contributed by atoms with Crippen LogP contribution in [0.5, 0.6) is 5.75 Å². The molecular formula is C22H25ClN4O2S. The van der Waals surface area contributed by atoms with Crippen molar-refractivity contribution in [1.82, 2.24) is 14.8 Å². The minimum Gasteiger partial charge on any atom is -0.483 e. The van der Waals surface area contributed by atoms with Crippen LogP contribution in [0.25, 0.3) is 0 Å². The van der Waals surface area contributed by atoms with E-state index in [1.807, 2.05) is 55.8 Å². The number of carbonyl (C=O) groups is 1. The molecule has 0 aliphatic rings. The second kappa shape index (κ2) is 9.53. The quantitative estimate of drug-likeness (QED) is 0.503. The van der Waals surface area contributed by atoms with Crippen molar-refractivity contribution >= 4 is 35.0 Å². The molecule has 1 atom stereocenters. The highest BCUT2D eigenvalue weighted by atomic mass is 35.5. The summed E-state index contributed by atoms with van der Waals surface area (Å²) < 4.78 is 7.89. The smallest absolute Gasteiger partial charge is 0.234 e. The minimum atomic E-state index is -0.276. The van der Waals surface area contributed by atoms with Gasteiger partial charge in [0.15, 0.2) is 17.1 Å². The van der Waals surface area contributed by atoms with Crippen LogP contribution in [-0.4, -0.2) is 26.4 Å². The number of halogens is 1. The summed E-state index contributed by atoms with van der Waals surface area (Å²) in [6, 6.07) is 11.4. The number of anilines is 1. The maximum atomic E-state index is 12.3. The van der Waals surface area contributed by atoms with Crippen molar-refractivity contribution in [3.63, 3.8) is 0 Å². The number of nitrogens with one attached hydrogen (secondary N) is 1. The number of aromatic nitrogens is 3. The lowest BCUT2D eigenvalue weighted by Gasteiger charge is -2.15. The van der Waals surface area contributed by atoms with Gasteiger partial charge in [-0.15, -0.1) is 10.2 Å². The summed E-state index contributed by atoms with van der Waals surface area (Å²) in [6.07, 6.45) is -0.276. The molecule has 0 radical (unpaired) electrons. The SMILES string of the molecule is Cc1ccc(OC(C)c2nnc(SCC(=O)Nc3cccc(Cl)c3C)n2C)cc1C. The lowest BCUT2D eigenvalue weighted by molar-refractivity contribution is -0.113. The van der Waals surface area contributed by atoms with Gasteiger partial charge in [0.1, 0.15) is 5.75 Å². The van der Waals surface area contributed by atoms with Crippen LogP contribution in [0.3, 0.4) is 0 Å². The minimum absolute atomic E-state index is 0.130. The summed E-state index contributed by atoms with van der Waals surface area (Å²) in [6.45, 7) is 7.93. The van der Waals surface area contributed by atoms with E-state index < -0.39 is 0 Å². The molecule has 0 bridgehead atoms. The zero-order chi connectivity index (χ0) is 21.8. The van der Waals surface area contributed by atoms with E-state index in [-0.39, 0.29) is 17.8 Å². The first-order valence-electron chi connectivity index (χ1n) is 9.57. The Morgan fingerprint density at radius 3 is 2.70 bits per heavy atom. The molecular weight excluding hydrogens is 420 g/mol. The third-order valence-electron chi connectivity index (χ3n) is 4.90. The largest absolute Gasteiger partial charge is 0.483 e. The first-order valence-corrected chi connectivity index (χ1v) is 10.9. The first kappa shape index (κ1) is 22.2. The number of nitrogens with zero attached hydrogens (tertiary/aromatic N) is 3. The average molecular weight is 445 g/mol. The third-order valence-corrected chi connectivity index (χ3v) is 6.33. The van der Waals surface area contributed by atoms with Crippen LogP contribution in [0, 0.1) is 20.8 Å². The Morgan fingerprint density at radius 2 is 1.97 bits per heavy atom. The van der Waals surface area contributed by atoms with Gasteiger partial charge in [0.05, 0.1) is 5.75 Å². The fourth-order valence-electron chi connectivity index (χ4n) is 2.91. The summed E-state index contributed by atoms with van der Waals surface area (Å²) in [5.74, 6) is 1.57. The van der Waals surface area contributed by atoms with Crippen molar-refractivity contribution < 1.29 is 9.53 Å². The Bertz CT molecular complexity index is 1070. The van der Waals surface area contributed by atoms with Crippen molar-refractivity contribution in [3.8, 4) is 5.75 Å². The molecule has 8 heteroatoms. The molecule has 1 amide bonds. The van der Waals surface area contributed by atoms with Gasteiger partial charge >= 0.3 is 0 Å². The normalized spacial score (nSPS) is 11.9. The maximum Gasteiger partial charge on any atom is 0.234 e. The Hall–Kier alpha value is -2.51. The molecule has 158 valence electrons. The molecule has 0 aliphatic heterocycles. The van der Waals surface area contributed by atoms with Gasteiger partial charge in [0, 0.05) is 17.8 Å². The number of hydrogen-bond donors (Lipinski definition) is 1. The Labute approximate surface area is 186 Å². The summed E-state index contributed by atoms with van der Waals surface area (Å²) in [5, 5.41) is 12.6. The van der Waals surface area contributed by atoms with E-state index in [9.17, 15) is 4.79 Å². The predicted octanol–water partition coefficient (Wildman–Crippen LogP) is 5.26. The fraction of sp³-hybridized carbons (Fsp3) is 0.318. The molecule has 0 saturated carbocycles. The first-order chi connectivity index (χ1) is 14.3. The molecule has 1 N–H and O–H groups in total. The van der Waals surface area contributed by atoms with Crippen molar-refractivity contribution in [2.24, 2.45) is 7.05 Å². The molecule has 6 nitrogen and oxygen atoms in total. The lowest BCUT2D eigenvalue weighted by Crippen LogP contribution is -2.15. The zero-order valence-corrected chi connectivity index (χ0v) is 19.3. The zero-order valence-electron chi connectivity index (χ0n) is 17.7. The van der Waals surface area contributed by atoms with Gasteiger partial charge in [-0.3, -0.25) is 4.79 Å². The van der Waals surface area contributed by atoms with Gasteiger partial charge in [0.2, 0.25) is 5.91 Å². The van der Waals surface area contributed by atoms with E-state index in [0.717, 1.165) is 11.3 Å². The summed E-state index contributed by atoms with van der Waals surface area (Å²) in [4.78, 5) is 12.3. The van der Waals surface area contributed by atoms with Crippen LogP contribution >= 0.6 is 23.4 Å². The second-order valence-corrected chi connectivity index (χ2v) is 8.50. The predicted molar refractivity (Wildman–Crippen MR) is 122 cm³/mol. The monoisotopic (exact) mass is 444 g/mol. The van der Waals surface area contributed by atoms with Gasteiger partial charge in [-0.05, 0) is 68.7 Å². The number of aryl methyl sites for hydroxylation is 2. The van der Waals surface area contributed by atoms with Crippen LogP contribution in [0.4, 0.5) is 5.69 Å². The molecule has 3 rings (SSSR count). The van der Waals surface area contributed by atoms with E-state index in [4.69, 9.17) is 16.3 Å². The van der Waals surface area contributed by atoms with Crippen LogP contribution in [0.1, 0.15) is 35.5 Å². The molecule has 0 saturated heterocycles. The number of carbonyl (C=O) groups excluding carboxylic acids is 1.